The van der Waals surface area contributed by atoms with E-state index in [1.54, 1.807) is 19.2 Å². The van der Waals surface area contributed by atoms with E-state index >= 15 is 0 Å². The fourth-order valence-electron chi connectivity index (χ4n) is 2.33. The van der Waals surface area contributed by atoms with Gasteiger partial charge in [0, 0.05) is 17.1 Å². The first kappa shape index (κ1) is 16.0. The van der Waals surface area contributed by atoms with Crippen LogP contribution < -0.4 is 4.90 Å². The number of hydrogen-bond acceptors (Lipinski definition) is 2. The van der Waals surface area contributed by atoms with E-state index in [4.69, 9.17) is 0 Å². The molecule has 114 valence electrons. The largest absolute Gasteiger partial charge is 0.334 e. The zero-order chi connectivity index (χ0) is 15.4. The number of nitrogens with zero attached hydrogens (tertiary/aromatic N) is 2. The molecule has 0 saturated carbocycles. The minimum Gasteiger partial charge on any atom is -0.334 e. The molecule has 0 bridgehead atoms. The van der Waals surface area contributed by atoms with Crippen LogP contribution >= 0.6 is 15.9 Å². The first-order chi connectivity index (χ1) is 9.97. The molecule has 6 heteroatoms. The number of nitrogens with one attached hydrogen (secondary N) is 1. The van der Waals surface area contributed by atoms with Crippen LogP contribution in [0.1, 0.15) is 10.4 Å². The molecule has 2 amide bonds. The molecule has 0 aliphatic carbocycles. The van der Waals surface area contributed by atoms with E-state index in [1.165, 1.54) is 9.80 Å². The van der Waals surface area contributed by atoms with Crippen LogP contribution in [0.5, 0.6) is 0 Å². The normalized spacial score (nSPS) is 15.9. The molecular weight excluding hydrogens is 334 g/mol. The summed E-state index contributed by atoms with van der Waals surface area (Å²) in [7, 11) is 3.80. The van der Waals surface area contributed by atoms with Gasteiger partial charge < -0.3 is 14.7 Å². The molecule has 1 aliphatic heterocycles. The van der Waals surface area contributed by atoms with Gasteiger partial charge in [0.15, 0.2) is 0 Å². The molecule has 21 heavy (non-hydrogen) atoms. The number of amides is 2. The Kier molecular flexibility index (Phi) is 5.36. The maximum Gasteiger partial charge on any atom is 0.254 e. The van der Waals surface area contributed by atoms with Gasteiger partial charge in [0.2, 0.25) is 5.91 Å². The Morgan fingerprint density at radius 3 is 2.38 bits per heavy atom. The van der Waals surface area contributed by atoms with E-state index < -0.39 is 0 Å². The number of carbonyl (C=O) groups is 2. The molecular formula is C15H21BrN3O2+. The van der Waals surface area contributed by atoms with Crippen LogP contribution in [-0.4, -0.2) is 68.4 Å². The van der Waals surface area contributed by atoms with Crippen LogP contribution in [0.4, 0.5) is 0 Å². The average Bonchev–Trinajstić information content (AvgIpc) is 2.47. The summed E-state index contributed by atoms with van der Waals surface area (Å²) in [5.74, 6) is -0.105. The lowest BCUT2D eigenvalue weighted by molar-refractivity contribution is -0.883. The molecule has 0 atom stereocenters. The fourth-order valence-corrected chi connectivity index (χ4v) is 2.59. The van der Waals surface area contributed by atoms with Crippen LogP contribution in [0.15, 0.2) is 28.7 Å². The van der Waals surface area contributed by atoms with Gasteiger partial charge in [-0.25, -0.2) is 0 Å². The smallest absolute Gasteiger partial charge is 0.254 e. The number of piperazine rings is 1. The number of carbonyl (C=O) groups excluding carboxylic acids is 2. The molecule has 0 unspecified atom stereocenters. The second-order valence-corrected chi connectivity index (χ2v) is 6.42. The summed E-state index contributed by atoms with van der Waals surface area (Å²) >= 11 is 3.34. The fraction of sp³-hybridized carbons (Fsp3) is 0.467. The highest BCUT2D eigenvalue weighted by atomic mass is 79.9. The Hall–Kier alpha value is -1.40. The molecule has 1 saturated heterocycles. The van der Waals surface area contributed by atoms with Crippen LogP contribution in [0.25, 0.3) is 0 Å². The van der Waals surface area contributed by atoms with Gasteiger partial charge in [0.1, 0.15) is 0 Å². The van der Waals surface area contributed by atoms with Gasteiger partial charge in [-0.2, -0.15) is 0 Å². The standard InChI is InChI=1S/C15H20BrN3O2/c1-17-7-9-19(10-8-17)14(20)11-18(2)15(21)12-3-5-13(16)6-4-12/h3-6H,7-11H2,1-2H3/p+1. The molecule has 1 N–H and O–H groups in total. The number of rotatable bonds is 3. The molecule has 0 aromatic heterocycles. The number of benzene rings is 1. The summed E-state index contributed by atoms with van der Waals surface area (Å²) in [5.41, 5.74) is 0.594. The molecule has 1 aromatic rings. The van der Waals surface area contributed by atoms with Gasteiger partial charge in [0.25, 0.3) is 5.91 Å². The summed E-state index contributed by atoms with van der Waals surface area (Å²) < 4.78 is 0.928. The Morgan fingerprint density at radius 2 is 1.81 bits per heavy atom. The first-order valence-corrected chi connectivity index (χ1v) is 7.87. The third-order valence-corrected chi connectivity index (χ3v) is 4.31. The van der Waals surface area contributed by atoms with Crippen LogP contribution in [-0.2, 0) is 4.79 Å². The predicted octanol–water partition coefficient (Wildman–Crippen LogP) is -0.122. The van der Waals surface area contributed by atoms with Crippen molar-refractivity contribution in [3.05, 3.63) is 34.3 Å². The summed E-state index contributed by atoms with van der Waals surface area (Å²) in [6, 6.07) is 7.16. The van der Waals surface area contributed by atoms with Gasteiger partial charge in [0.05, 0.1) is 39.8 Å². The average molecular weight is 355 g/mol. The Balaban J connectivity index is 1.91. The molecule has 2 rings (SSSR count). The van der Waals surface area contributed by atoms with E-state index in [0.717, 1.165) is 30.7 Å². The Labute approximate surface area is 133 Å². The van der Waals surface area contributed by atoms with E-state index in [1.807, 2.05) is 17.0 Å². The lowest BCUT2D eigenvalue weighted by Crippen LogP contribution is -3.12. The van der Waals surface area contributed by atoms with Gasteiger partial charge in [-0.15, -0.1) is 0 Å². The van der Waals surface area contributed by atoms with E-state index in [9.17, 15) is 9.59 Å². The van der Waals surface area contributed by atoms with Crippen molar-refractivity contribution >= 4 is 27.7 Å². The van der Waals surface area contributed by atoms with E-state index in [0.29, 0.717) is 5.56 Å². The molecule has 1 fully saturated rings. The maximum atomic E-state index is 12.3. The highest BCUT2D eigenvalue weighted by molar-refractivity contribution is 9.10. The predicted molar refractivity (Wildman–Crippen MR) is 84.3 cm³/mol. The monoisotopic (exact) mass is 354 g/mol. The maximum absolute atomic E-state index is 12.3. The van der Waals surface area contributed by atoms with Crippen molar-refractivity contribution in [1.82, 2.24) is 9.80 Å². The number of hydrogen-bond donors (Lipinski definition) is 1. The van der Waals surface area contributed by atoms with Crippen LogP contribution in [0, 0.1) is 0 Å². The van der Waals surface area contributed by atoms with Gasteiger partial charge in [-0.3, -0.25) is 9.59 Å². The number of halogens is 1. The number of likely N-dealkylation sites (N-methyl/N-ethyl adjacent to an activating group) is 2. The SMILES string of the molecule is CN(CC(=O)N1CC[NH+](C)CC1)C(=O)c1ccc(Br)cc1. The highest BCUT2D eigenvalue weighted by Gasteiger charge is 2.23. The van der Waals surface area contributed by atoms with Crippen molar-refractivity contribution in [2.24, 2.45) is 0 Å². The van der Waals surface area contributed by atoms with Crippen molar-refractivity contribution in [1.29, 1.82) is 0 Å². The topological polar surface area (TPSA) is 45.1 Å². The second-order valence-electron chi connectivity index (χ2n) is 5.51. The summed E-state index contributed by atoms with van der Waals surface area (Å²) in [6.45, 7) is 3.61. The summed E-state index contributed by atoms with van der Waals surface area (Å²) in [5, 5.41) is 0. The summed E-state index contributed by atoms with van der Waals surface area (Å²) in [4.78, 5) is 29.3. The van der Waals surface area contributed by atoms with E-state index in [2.05, 4.69) is 23.0 Å². The molecule has 1 aliphatic rings. The molecule has 1 heterocycles. The van der Waals surface area contributed by atoms with E-state index in [-0.39, 0.29) is 18.4 Å². The third-order valence-electron chi connectivity index (χ3n) is 3.78. The van der Waals surface area contributed by atoms with Gasteiger partial charge in [-0.05, 0) is 24.3 Å². The van der Waals surface area contributed by atoms with Crippen molar-refractivity contribution < 1.29 is 14.5 Å². The van der Waals surface area contributed by atoms with Crippen LogP contribution in [0.2, 0.25) is 0 Å². The third kappa shape index (κ3) is 4.28. The second kappa shape index (κ2) is 7.04. The van der Waals surface area contributed by atoms with Crippen molar-refractivity contribution in [2.75, 3.05) is 46.8 Å². The first-order valence-electron chi connectivity index (χ1n) is 7.07. The zero-order valence-electron chi connectivity index (χ0n) is 12.4. The molecule has 0 radical (unpaired) electrons. The van der Waals surface area contributed by atoms with Crippen LogP contribution in [0.3, 0.4) is 0 Å². The van der Waals surface area contributed by atoms with Crippen molar-refractivity contribution in [3.8, 4) is 0 Å². The highest BCUT2D eigenvalue weighted by Crippen LogP contribution is 2.12. The molecule has 0 spiro atoms. The minimum atomic E-state index is -0.129. The summed E-state index contributed by atoms with van der Waals surface area (Å²) in [6.07, 6.45) is 0. The number of quaternary nitrogens is 1. The van der Waals surface area contributed by atoms with Gasteiger partial charge >= 0.3 is 0 Å². The van der Waals surface area contributed by atoms with Crippen molar-refractivity contribution in [2.45, 2.75) is 0 Å². The molecule has 1 aromatic carbocycles. The lowest BCUT2D eigenvalue weighted by atomic mass is 10.2. The molecule has 5 nitrogen and oxygen atoms in total. The Bertz CT molecular complexity index is 510. The zero-order valence-corrected chi connectivity index (χ0v) is 14.0. The Morgan fingerprint density at radius 1 is 1.24 bits per heavy atom. The minimum absolute atomic E-state index is 0.0236. The van der Waals surface area contributed by atoms with Crippen molar-refractivity contribution in [3.63, 3.8) is 0 Å². The van der Waals surface area contributed by atoms with Gasteiger partial charge in [-0.1, -0.05) is 15.9 Å². The quantitative estimate of drug-likeness (QED) is 0.822. The lowest BCUT2D eigenvalue weighted by Gasteiger charge is -2.31.